The van der Waals surface area contributed by atoms with Gasteiger partial charge in [-0.15, -0.1) is 0 Å². The Bertz CT molecular complexity index is 213. The van der Waals surface area contributed by atoms with Gasteiger partial charge < -0.3 is 14.8 Å². The SMILES string of the molecule is COCC(CBr)NC(=O)C1CCOC1C. The maximum Gasteiger partial charge on any atom is 0.226 e. The van der Waals surface area contributed by atoms with E-state index < -0.39 is 0 Å². The third kappa shape index (κ3) is 3.74. The Morgan fingerprint density at radius 1 is 1.73 bits per heavy atom. The quantitative estimate of drug-likeness (QED) is 0.762. The molecule has 0 aliphatic carbocycles. The summed E-state index contributed by atoms with van der Waals surface area (Å²) in [6.45, 7) is 3.15. The van der Waals surface area contributed by atoms with E-state index in [0.717, 1.165) is 6.42 Å². The van der Waals surface area contributed by atoms with Crippen LogP contribution in [0, 0.1) is 5.92 Å². The molecule has 0 spiro atoms. The highest BCUT2D eigenvalue weighted by atomic mass is 79.9. The molecule has 1 heterocycles. The van der Waals surface area contributed by atoms with E-state index in [-0.39, 0.29) is 24.0 Å². The van der Waals surface area contributed by atoms with Crippen molar-refractivity contribution in [1.29, 1.82) is 0 Å². The van der Waals surface area contributed by atoms with E-state index >= 15 is 0 Å². The average molecular weight is 280 g/mol. The zero-order valence-corrected chi connectivity index (χ0v) is 10.7. The molecular weight excluding hydrogens is 262 g/mol. The fraction of sp³-hybridized carbons (Fsp3) is 0.900. The van der Waals surface area contributed by atoms with E-state index in [2.05, 4.69) is 21.2 Å². The highest BCUT2D eigenvalue weighted by Crippen LogP contribution is 2.20. The first-order valence-corrected chi connectivity index (χ1v) is 6.28. The standard InChI is InChI=1S/C10H18BrNO3/c1-7-9(3-4-15-7)10(13)12-8(5-11)6-14-2/h7-9H,3-6H2,1-2H3,(H,12,13). The Morgan fingerprint density at radius 3 is 2.93 bits per heavy atom. The number of alkyl halides is 1. The number of ether oxygens (including phenoxy) is 2. The van der Waals surface area contributed by atoms with Gasteiger partial charge in [0, 0.05) is 19.0 Å². The summed E-state index contributed by atoms with van der Waals surface area (Å²) in [5.41, 5.74) is 0. The first kappa shape index (κ1) is 12.9. The van der Waals surface area contributed by atoms with Gasteiger partial charge in [-0.05, 0) is 13.3 Å². The van der Waals surface area contributed by atoms with Gasteiger partial charge in [0.25, 0.3) is 0 Å². The van der Waals surface area contributed by atoms with Gasteiger partial charge in [0.1, 0.15) is 0 Å². The molecule has 1 N–H and O–H groups in total. The summed E-state index contributed by atoms with van der Waals surface area (Å²) >= 11 is 3.34. The Labute approximate surface area is 98.8 Å². The fourth-order valence-electron chi connectivity index (χ4n) is 1.71. The van der Waals surface area contributed by atoms with Gasteiger partial charge in [0.2, 0.25) is 5.91 Å². The molecule has 15 heavy (non-hydrogen) atoms. The van der Waals surface area contributed by atoms with Crippen molar-refractivity contribution in [2.24, 2.45) is 5.92 Å². The molecule has 0 saturated carbocycles. The Kier molecular flexibility index (Phi) is 5.56. The monoisotopic (exact) mass is 279 g/mol. The van der Waals surface area contributed by atoms with E-state index in [0.29, 0.717) is 18.5 Å². The maximum absolute atomic E-state index is 11.8. The molecule has 0 aromatic heterocycles. The van der Waals surface area contributed by atoms with Crippen LogP contribution in [0.5, 0.6) is 0 Å². The minimum atomic E-state index is -0.0107. The number of nitrogens with one attached hydrogen (secondary N) is 1. The molecule has 0 radical (unpaired) electrons. The second-order valence-corrected chi connectivity index (χ2v) is 4.43. The molecule has 3 atom stereocenters. The molecule has 4 nitrogen and oxygen atoms in total. The molecule has 0 bridgehead atoms. The van der Waals surface area contributed by atoms with Crippen molar-refractivity contribution in [3.63, 3.8) is 0 Å². The molecule has 1 fully saturated rings. The molecule has 1 aliphatic heterocycles. The first-order chi connectivity index (χ1) is 7.19. The third-order valence-electron chi connectivity index (χ3n) is 2.61. The highest BCUT2D eigenvalue weighted by Gasteiger charge is 2.31. The van der Waals surface area contributed by atoms with Gasteiger partial charge in [0.15, 0.2) is 0 Å². The van der Waals surface area contributed by atoms with Gasteiger partial charge in [-0.1, -0.05) is 15.9 Å². The summed E-state index contributed by atoms with van der Waals surface area (Å²) in [6.07, 6.45) is 0.846. The topological polar surface area (TPSA) is 47.6 Å². The van der Waals surface area contributed by atoms with E-state index in [1.54, 1.807) is 7.11 Å². The number of halogens is 1. The van der Waals surface area contributed by atoms with Crippen molar-refractivity contribution >= 4 is 21.8 Å². The molecule has 88 valence electrons. The van der Waals surface area contributed by atoms with Crippen LogP contribution in [0.2, 0.25) is 0 Å². The van der Waals surface area contributed by atoms with Crippen molar-refractivity contribution in [1.82, 2.24) is 5.32 Å². The zero-order valence-electron chi connectivity index (χ0n) is 9.16. The molecule has 5 heteroatoms. The summed E-state index contributed by atoms with van der Waals surface area (Å²) in [4.78, 5) is 11.8. The van der Waals surface area contributed by atoms with Crippen LogP contribution in [0.4, 0.5) is 0 Å². The lowest BCUT2D eigenvalue weighted by Gasteiger charge is -2.19. The number of amides is 1. The van der Waals surface area contributed by atoms with Gasteiger partial charge >= 0.3 is 0 Å². The van der Waals surface area contributed by atoms with Crippen LogP contribution in [0.3, 0.4) is 0 Å². The first-order valence-electron chi connectivity index (χ1n) is 5.16. The molecule has 1 rings (SSSR count). The lowest BCUT2D eigenvalue weighted by Crippen LogP contribution is -2.43. The summed E-state index contributed by atoms with van der Waals surface area (Å²) in [5.74, 6) is 0.0601. The molecule has 1 saturated heterocycles. The zero-order chi connectivity index (χ0) is 11.3. The van der Waals surface area contributed by atoms with Crippen LogP contribution in [-0.4, -0.2) is 43.7 Å². The molecular formula is C10H18BrNO3. The second-order valence-electron chi connectivity index (χ2n) is 3.79. The van der Waals surface area contributed by atoms with Crippen molar-refractivity contribution in [2.45, 2.75) is 25.5 Å². The number of hydrogen-bond donors (Lipinski definition) is 1. The minimum absolute atomic E-state index is 0.0107. The van der Waals surface area contributed by atoms with E-state index in [9.17, 15) is 4.79 Å². The van der Waals surface area contributed by atoms with Gasteiger partial charge in [-0.2, -0.15) is 0 Å². The predicted molar refractivity (Wildman–Crippen MR) is 61.1 cm³/mol. The highest BCUT2D eigenvalue weighted by molar-refractivity contribution is 9.09. The molecule has 0 aromatic rings. The fourth-order valence-corrected chi connectivity index (χ4v) is 2.06. The molecule has 1 aliphatic rings. The van der Waals surface area contributed by atoms with E-state index in [1.807, 2.05) is 6.92 Å². The van der Waals surface area contributed by atoms with Crippen LogP contribution in [0.25, 0.3) is 0 Å². The largest absolute Gasteiger partial charge is 0.383 e. The van der Waals surface area contributed by atoms with Crippen LogP contribution in [-0.2, 0) is 14.3 Å². The maximum atomic E-state index is 11.8. The predicted octanol–water partition coefficient (Wildman–Crippen LogP) is 0.937. The molecule has 3 unspecified atom stereocenters. The Hall–Kier alpha value is -0.130. The van der Waals surface area contributed by atoms with E-state index in [4.69, 9.17) is 9.47 Å². The Morgan fingerprint density at radius 2 is 2.47 bits per heavy atom. The minimum Gasteiger partial charge on any atom is -0.383 e. The summed E-state index contributed by atoms with van der Waals surface area (Å²) < 4.78 is 10.4. The average Bonchev–Trinajstić information content (AvgIpc) is 2.63. The van der Waals surface area contributed by atoms with Crippen LogP contribution in [0.1, 0.15) is 13.3 Å². The molecule has 1 amide bonds. The Balaban J connectivity index is 2.39. The number of hydrogen-bond acceptors (Lipinski definition) is 3. The number of rotatable bonds is 5. The number of carbonyl (C=O) groups excluding carboxylic acids is 1. The lowest BCUT2D eigenvalue weighted by molar-refractivity contribution is -0.127. The smallest absolute Gasteiger partial charge is 0.226 e. The van der Waals surface area contributed by atoms with Crippen molar-refractivity contribution in [2.75, 3.05) is 25.7 Å². The van der Waals surface area contributed by atoms with Gasteiger partial charge in [-0.3, -0.25) is 4.79 Å². The van der Waals surface area contributed by atoms with Crippen LogP contribution < -0.4 is 5.32 Å². The van der Waals surface area contributed by atoms with Crippen LogP contribution in [0.15, 0.2) is 0 Å². The van der Waals surface area contributed by atoms with Gasteiger partial charge in [-0.25, -0.2) is 0 Å². The summed E-state index contributed by atoms with van der Waals surface area (Å²) in [5, 5.41) is 3.65. The third-order valence-corrected chi connectivity index (χ3v) is 3.40. The molecule has 0 aromatic carbocycles. The van der Waals surface area contributed by atoms with E-state index in [1.165, 1.54) is 0 Å². The normalized spacial score (nSPS) is 27.7. The summed E-state index contributed by atoms with van der Waals surface area (Å²) in [6, 6.07) is 0.0373. The van der Waals surface area contributed by atoms with Crippen LogP contribution >= 0.6 is 15.9 Å². The number of methoxy groups -OCH3 is 1. The van der Waals surface area contributed by atoms with Crippen molar-refractivity contribution in [3.8, 4) is 0 Å². The lowest BCUT2D eigenvalue weighted by atomic mass is 10.0. The number of carbonyl (C=O) groups is 1. The van der Waals surface area contributed by atoms with Crippen molar-refractivity contribution < 1.29 is 14.3 Å². The second kappa shape index (κ2) is 6.45. The summed E-state index contributed by atoms with van der Waals surface area (Å²) in [7, 11) is 1.63. The van der Waals surface area contributed by atoms with Crippen molar-refractivity contribution in [3.05, 3.63) is 0 Å². The van der Waals surface area contributed by atoms with Gasteiger partial charge in [0.05, 0.1) is 24.7 Å².